The van der Waals surface area contributed by atoms with E-state index in [0.29, 0.717) is 0 Å². The maximum atomic E-state index is 12.8. The third-order valence-electron chi connectivity index (χ3n) is 5.75. The van der Waals surface area contributed by atoms with E-state index < -0.39 is 109 Å². The predicted octanol–water partition coefficient (Wildman–Crippen LogP) is -4.90. The number of carbonyl (C=O) groups excluding carboxylic acids is 6. The van der Waals surface area contributed by atoms with E-state index in [1.165, 1.54) is 0 Å². The van der Waals surface area contributed by atoms with Crippen molar-refractivity contribution >= 4 is 35.8 Å². The molecule has 6 unspecified atom stereocenters. The fraction of sp³-hybridized carbons (Fsp3) is 0.667. The summed E-state index contributed by atoms with van der Waals surface area (Å²) in [6.07, 6.45) is -8.26. The molecule has 4 heterocycles. The second kappa shape index (κ2) is 7.56. The molecule has 17 nitrogen and oxygen atoms in total. The molecule has 4 fully saturated rings. The number of aliphatic hydroxyl groups is 5. The van der Waals surface area contributed by atoms with Gasteiger partial charge in [-0.1, -0.05) is 0 Å². The van der Waals surface area contributed by atoms with E-state index in [-0.39, 0.29) is 0 Å². The van der Waals surface area contributed by atoms with E-state index in [9.17, 15) is 54.3 Å². The fourth-order valence-electron chi connectivity index (χ4n) is 4.09. The highest BCUT2D eigenvalue weighted by Gasteiger charge is 2.83. The molecule has 0 spiro atoms. The van der Waals surface area contributed by atoms with Gasteiger partial charge in [-0.05, 0) is 0 Å². The zero-order valence-corrected chi connectivity index (χ0v) is 17.5. The van der Waals surface area contributed by atoms with Crippen LogP contribution in [0.1, 0.15) is 32.1 Å². The highest BCUT2D eigenvalue weighted by atomic mass is 16.9. The van der Waals surface area contributed by atoms with Crippen LogP contribution in [0, 0.1) is 0 Å². The molecule has 17 heteroatoms. The van der Waals surface area contributed by atoms with Crippen LogP contribution < -0.4 is 0 Å². The second-order valence-electron chi connectivity index (χ2n) is 8.36. The molecule has 4 saturated heterocycles. The third kappa shape index (κ3) is 3.50. The molecule has 4 bridgehead atoms. The molecule has 0 aromatic rings. The second-order valence-corrected chi connectivity index (χ2v) is 8.36. The Balaban J connectivity index is 2.01. The molecule has 5 N–H and O–H groups in total. The van der Waals surface area contributed by atoms with Crippen LogP contribution in [0.4, 0.5) is 0 Å². The number of esters is 6. The predicted molar refractivity (Wildman–Crippen MR) is 93.0 cm³/mol. The van der Waals surface area contributed by atoms with E-state index >= 15 is 0 Å². The summed E-state index contributed by atoms with van der Waals surface area (Å²) in [7, 11) is 0. The largest absolute Gasteiger partial charge is 0.454 e. The molecule has 0 amide bonds. The summed E-state index contributed by atoms with van der Waals surface area (Å²) in [5.74, 6) is -22.3. The monoisotopic (exact) mass is 506 g/mol. The Morgan fingerprint density at radius 2 is 1.14 bits per heavy atom. The summed E-state index contributed by atoms with van der Waals surface area (Å²) < 4.78 is 28.8. The van der Waals surface area contributed by atoms with Gasteiger partial charge in [0.25, 0.3) is 0 Å². The van der Waals surface area contributed by atoms with E-state index in [4.69, 9.17) is 18.9 Å². The first-order valence-electron chi connectivity index (χ1n) is 9.94. The first kappa shape index (κ1) is 24.7. The van der Waals surface area contributed by atoms with Gasteiger partial charge in [0.2, 0.25) is 0 Å². The number of rotatable bonds is 3. The van der Waals surface area contributed by atoms with Gasteiger partial charge in [0, 0.05) is 13.0 Å². The van der Waals surface area contributed by atoms with Gasteiger partial charge in [0.15, 0.2) is 17.3 Å². The number of fused-ring (bicyclic) bond motifs is 6. The Kier molecular flexibility index (Phi) is 5.34. The lowest BCUT2D eigenvalue weighted by Crippen LogP contribution is -2.79. The van der Waals surface area contributed by atoms with E-state index in [0.717, 1.165) is 0 Å². The van der Waals surface area contributed by atoms with Crippen molar-refractivity contribution in [3.63, 3.8) is 0 Å². The van der Waals surface area contributed by atoms with Crippen molar-refractivity contribution in [1.82, 2.24) is 0 Å². The van der Waals surface area contributed by atoms with Gasteiger partial charge < -0.3 is 54.0 Å². The number of cyclic esters (lactones) is 2. The van der Waals surface area contributed by atoms with Crippen LogP contribution in [-0.2, 0) is 57.2 Å². The minimum Gasteiger partial charge on any atom is -0.454 e. The molecule has 0 aromatic heterocycles. The number of hydrogen-bond acceptors (Lipinski definition) is 17. The molecule has 192 valence electrons. The molecule has 35 heavy (non-hydrogen) atoms. The van der Waals surface area contributed by atoms with Crippen LogP contribution in [0.3, 0.4) is 0 Å². The van der Waals surface area contributed by atoms with Gasteiger partial charge in [-0.3, -0.25) is 19.2 Å². The van der Waals surface area contributed by atoms with Crippen LogP contribution in [0.25, 0.3) is 0 Å². The Labute approximate surface area is 193 Å². The number of ether oxygens (including phenoxy) is 6. The Morgan fingerprint density at radius 3 is 1.71 bits per heavy atom. The Morgan fingerprint density at radius 1 is 0.657 bits per heavy atom. The van der Waals surface area contributed by atoms with Gasteiger partial charge in [-0.2, -0.15) is 0 Å². The summed E-state index contributed by atoms with van der Waals surface area (Å²) in [5.41, 5.74) is -5.85. The smallest absolute Gasteiger partial charge is 0.452 e. The maximum absolute atomic E-state index is 12.8. The van der Waals surface area contributed by atoms with Crippen LogP contribution in [0.2, 0.25) is 0 Å². The van der Waals surface area contributed by atoms with Crippen molar-refractivity contribution < 1.29 is 82.7 Å². The number of aliphatic hydroxyl groups excluding tert-OH is 1. The molecular formula is C18H18O17. The van der Waals surface area contributed by atoms with Gasteiger partial charge in [0.05, 0.1) is 25.7 Å². The number of carbonyl (C=O) groups is 6. The average Bonchev–Trinajstić information content (AvgIpc) is 2.81. The number of hydrogen-bond donors (Lipinski definition) is 5. The van der Waals surface area contributed by atoms with E-state index in [1.807, 2.05) is 0 Å². The molecule has 4 aliphatic heterocycles. The van der Waals surface area contributed by atoms with Crippen molar-refractivity contribution in [3.8, 4) is 0 Å². The lowest BCUT2D eigenvalue weighted by molar-refractivity contribution is -0.510. The normalized spacial score (nSPS) is 43.6. The summed E-state index contributed by atoms with van der Waals surface area (Å²) >= 11 is 0. The van der Waals surface area contributed by atoms with Crippen molar-refractivity contribution in [2.45, 2.75) is 67.0 Å². The summed E-state index contributed by atoms with van der Waals surface area (Å²) in [5, 5.41) is 53.0. The van der Waals surface area contributed by atoms with Crippen molar-refractivity contribution in [3.05, 3.63) is 0 Å². The van der Waals surface area contributed by atoms with Crippen LogP contribution in [0.5, 0.6) is 0 Å². The SMILES string of the molecule is O=C1CC2(O)CC(=O)OC(C3(O)OC(=O)CC4(O)CC(=O)OC3(O)OC4=O)(OC2=O)C(CCO)O1. The van der Waals surface area contributed by atoms with Crippen LogP contribution in [0.15, 0.2) is 0 Å². The topological polar surface area (TPSA) is 259 Å². The molecule has 0 aromatic carbocycles. The average molecular weight is 506 g/mol. The standard InChI is InChI=1S/C18H18O17/c19-2-1-7-16(31-9(21)4-14(26,12(24)34-16)3-8(20)30-7)17(28)18(29)33-11(23)6-15(27,13(25)35-18)5-10(22)32-17/h7,19,26-29H,1-6H2. The quantitative estimate of drug-likeness (QED) is 0.177. The van der Waals surface area contributed by atoms with Crippen molar-refractivity contribution in [2.24, 2.45) is 0 Å². The van der Waals surface area contributed by atoms with Crippen LogP contribution >= 0.6 is 0 Å². The zero-order valence-electron chi connectivity index (χ0n) is 17.5. The lowest BCUT2D eigenvalue weighted by Gasteiger charge is -2.50. The van der Waals surface area contributed by atoms with Gasteiger partial charge in [-0.15, -0.1) is 0 Å². The highest BCUT2D eigenvalue weighted by Crippen LogP contribution is 2.50. The summed E-state index contributed by atoms with van der Waals surface area (Å²) in [4.78, 5) is 75.2. The minimum absolute atomic E-state index is 0.855. The van der Waals surface area contributed by atoms with Crippen molar-refractivity contribution in [2.75, 3.05) is 6.61 Å². The Bertz CT molecular complexity index is 1040. The summed E-state index contributed by atoms with van der Waals surface area (Å²) in [6, 6.07) is 0. The summed E-state index contributed by atoms with van der Waals surface area (Å²) in [6.45, 7) is -0.944. The van der Waals surface area contributed by atoms with Crippen molar-refractivity contribution in [1.29, 1.82) is 0 Å². The fourth-order valence-corrected chi connectivity index (χ4v) is 4.09. The van der Waals surface area contributed by atoms with Gasteiger partial charge >= 0.3 is 53.4 Å². The maximum Gasteiger partial charge on any atom is 0.452 e. The first-order valence-corrected chi connectivity index (χ1v) is 9.94. The molecule has 0 saturated carbocycles. The van der Waals surface area contributed by atoms with Gasteiger partial charge in [0.1, 0.15) is 0 Å². The molecule has 6 atom stereocenters. The Hall–Kier alpha value is -3.38. The van der Waals surface area contributed by atoms with E-state index in [1.54, 1.807) is 0 Å². The lowest BCUT2D eigenvalue weighted by atomic mass is 9.91. The molecule has 0 aliphatic carbocycles. The molecule has 4 rings (SSSR count). The minimum atomic E-state index is -4.25. The van der Waals surface area contributed by atoms with E-state index in [2.05, 4.69) is 9.47 Å². The van der Waals surface area contributed by atoms with Gasteiger partial charge in [-0.25, -0.2) is 9.59 Å². The molecular weight excluding hydrogens is 488 g/mol. The molecule has 4 aliphatic rings. The molecule has 0 radical (unpaired) electrons. The highest BCUT2D eigenvalue weighted by molar-refractivity contribution is 5.94. The first-order chi connectivity index (χ1) is 16.1. The van der Waals surface area contributed by atoms with Crippen LogP contribution in [-0.4, -0.2) is 103 Å². The zero-order chi connectivity index (χ0) is 26.0. The third-order valence-corrected chi connectivity index (χ3v) is 5.75.